The van der Waals surface area contributed by atoms with Crippen molar-refractivity contribution in [3.05, 3.63) is 12.3 Å². The van der Waals surface area contributed by atoms with E-state index in [1.807, 2.05) is 12.3 Å². The van der Waals surface area contributed by atoms with Crippen molar-refractivity contribution in [1.29, 1.82) is 0 Å². The Morgan fingerprint density at radius 3 is 2.89 bits per heavy atom. The van der Waals surface area contributed by atoms with Crippen LogP contribution >= 0.6 is 0 Å². The molecule has 0 aromatic rings. The molecule has 2 heteroatoms. The van der Waals surface area contributed by atoms with Gasteiger partial charge < -0.3 is 4.90 Å². The maximum atomic E-state index is 4.13. The molecule has 48 valence electrons. The maximum absolute atomic E-state index is 4.13. The Bertz CT molecular complexity index is 156. The summed E-state index contributed by atoms with van der Waals surface area (Å²) in [6.45, 7) is 0.876. The third kappa shape index (κ3) is 0.969. The Morgan fingerprint density at radius 2 is 2.33 bits per heavy atom. The molecular formula is C7H10N2. The third-order valence-corrected chi connectivity index (χ3v) is 1.73. The van der Waals surface area contributed by atoms with E-state index in [1.54, 1.807) is 0 Å². The summed E-state index contributed by atoms with van der Waals surface area (Å²) in [6.07, 6.45) is 8.71. The first-order chi connectivity index (χ1) is 4.47. The van der Waals surface area contributed by atoms with Gasteiger partial charge in [-0.15, -0.1) is 0 Å². The van der Waals surface area contributed by atoms with Crippen LogP contribution in [0.25, 0.3) is 0 Å². The largest absolute Gasteiger partial charge is 0.355 e. The molecule has 2 aliphatic rings. The lowest BCUT2D eigenvalue weighted by Gasteiger charge is -2.18. The van der Waals surface area contributed by atoms with E-state index in [-0.39, 0.29) is 0 Å². The van der Waals surface area contributed by atoms with Gasteiger partial charge in [0.1, 0.15) is 6.67 Å². The van der Waals surface area contributed by atoms with E-state index < -0.39 is 0 Å². The zero-order chi connectivity index (χ0) is 6.10. The molecule has 0 radical (unpaired) electrons. The highest BCUT2D eigenvalue weighted by Crippen LogP contribution is 2.27. The van der Waals surface area contributed by atoms with Crippen molar-refractivity contribution < 1.29 is 0 Å². The minimum absolute atomic E-state index is 0.818. The summed E-state index contributed by atoms with van der Waals surface area (Å²) >= 11 is 0. The predicted molar refractivity (Wildman–Crippen MR) is 37.4 cm³/mol. The molecule has 2 rings (SSSR count). The molecule has 0 atom stereocenters. The second-order valence-corrected chi connectivity index (χ2v) is 2.56. The average molecular weight is 122 g/mol. The van der Waals surface area contributed by atoms with Crippen LogP contribution in [0.15, 0.2) is 17.3 Å². The van der Waals surface area contributed by atoms with Crippen LogP contribution in [0.4, 0.5) is 0 Å². The fourth-order valence-electron chi connectivity index (χ4n) is 1.04. The Labute approximate surface area is 54.9 Å². The Morgan fingerprint density at radius 1 is 1.44 bits per heavy atom. The van der Waals surface area contributed by atoms with Crippen LogP contribution in [0.2, 0.25) is 0 Å². The van der Waals surface area contributed by atoms with Gasteiger partial charge in [0.25, 0.3) is 0 Å². The van der Waals surface area contributed by atoms with Crippen LogP contribution in [0.3, 0.4) is 0 Å². The normalized spacial score (nSPS) is 25.1. The Balaban J connectivity index is 1.98. The number of rotatable bonds is 1. The van der Waals surface area contributed by atoms with Crippen molar-refractivity contribution >= 4 is 6.21 Å². The highest BCUT2D eigenvalue weighted by molar-refractivity contribution is 5.71. The number of hydrogen-bond donors (Lipinski definition) is 0. The zero-order valence-corrected chi connectivity index (χ0v) is 5.33. The van der Waals surface area contributed by atoms with Crippen LogP contribution in [0, 0.1) is 0 Å². The van der Waals surface area contributed by atoms with Gasteiger partial charge in [0.15, 0.2) is 0 Å². The topological polar surface area (TPSA) is 15.6 Å². The quantitative estimate of drug-likeness (QED) is 0.506. The molecule has 1 aliphatic heterocycles. The molecule has 1 aliphatic carbocycles. The first-order valence-corrected chi connectivity index (χ1v) is 3.39. The van der Waals surface area contributed by atoms with Crippen molar-refractivity contribution in [3.8, 4) is 0 Å². The number of nitrogens with zero attached hydrogens (tertiary/aromatic N) is 2. The monoisotopic (exact) mass is 122 g/mol. The van der Waals surface area contributed by atoms with Gasteiger partial charge >= 0.3 is 0 Å². The SMILES string of the molecule is C1=CN(C2CC2)CN=C1. The highest BCUT2D eigenvalue weighted by atomic mass is 15.2. The van der Waals surface area contributed by atoms with Gasteiger partial charge in [-0.05, 0) is 18.9 Å². The van der Waals surface area contributed by atoms with E-state index in [2.05, 4.69) is 16.1 Å². The summed E-state index contributed by atoms with van der Waals surface area (Å²) in [6, 6.07) is 0.818. The first-order valence-electron chi connectivity index (χ1n) is 3.39. The second-order valence-electron chi connectivity index (χ2n) is 2.56. The van der Waals surface area contributed by atoms with Gasteiger partial charge in [0.2, 0.25) is 0 Å². The molecule has 0 saturated heterocycles. The minimum Gasteiger partial charge on any atom is -0.355 e. The van der Waals surface area contributed by atoms with Gasteiger partial charge in [0, 0.05) is 18.5 Å². The first kappa shape index (κ1) is 5.03. The summed E-state index contributed by atoms with van der Waals surface area (Å²) in [7, 11) is 0. The molecule has 0 N–H and O–H groups in total. The Hall–Kier alpha value is -0.790. The summed E-state index contributed by atoms with van der Waals surface area (Å²) in [4.78, 5) is 6.43. The fraction of sp³-hybridized carbons (Fsp3) is 0.571. The van der Waals surface area contributed by atoms with Gasteiger partial charge in [-0.2, -0.15) is 0 Å². The number of hydrogen-bond acceptors (Lipinski definition) is 2. The van der Waals surface area contributed by atoms with Crippen molar-refractivity contribution in [2.24, 2.45) is 4.99 Å². The predicted octanol–water partition coefficient (Wildman–Crippen LogP) is 1.01. The zero-order valence-electron chi connectivity index (χ0n) is 5.33. The maximum Gasteiger partial charge on any atom is 0.110 e. The van der Waals surface area contributed by atoms with E-state index in [9.17, 15) is 0 Å². The van der Waals surface area contributed by atoms with Crippen molar-refractivity contribution in [2.75, 3.05) is 6.67 Å². The van der Waals surface area contributed by atoms with E-state index in [0.717, 1.165) is 12.7 Å². The van der Waals surface area contributed by atoms with Gasteiger partial charge in [0.05, 0.1) is 0 Å². The molecule has 0 amide bonds. The minimum atomic E-state index is 0.818. The lowest BCUT2D eigenvalue weighted by Crippen LogP contribution is -2.21. The van der Waals surface area contributed by atoms with Crippen LogP contribution in [-0.2, 0) is 0 Å². The smallest absolute Gasteiger partial charge is 0.110 e. The Kier molecular flexibility index (Phi) is 1.04. The molecule has 2 nitrogen and oxygen atoms in total. The van der Waals surface area contributed by atoms with Gasteiger partial charge in [-0.3, -0.25) is 4.99 Å². The molecule has 0 aromatic carbocycles. The summed E-state index contributed by atoms with van der Waals surface area (Å²) in [5, 5.41) is 0. The van der Waals surface area contributed by atoms with Crippen molar-refractivity contribution in [3.63, 3.8) is 0 Å². The molecule has 0 spiro atoms. The highest BCUT2D eigenvalue weighted by Gasteiger charge is 2.26. The summed E-state index contributed by atoms with van der Waals surface area (Å²) in [5.41, 5.74) is 0. The standard InChI is InChI=1S/C7H10N2/c1-4-8-6-9(5-1)7-2-3-7/h1,4-5,7H,2-3,6H2. The van der Waals surface area contributed by atoms with Crippen LogP contribution in [0.1, 0.15) is 12.8 Å². The van der Waals surface area contributed by atoms with E-state index in [4.69, 9.17) is 0 Å². The summed E-state index contributed by atoms with van der Waals surface area (Å²) < 4.78 is 0. The molecule has 1 fully saturated rings. The summed E-state index contributed by atoms with van der Waals surface area (Å²) in [5.74, 6) is 0. The van der Waals surface area contributed by atoms with Crippen LogP contribution in [0.5, 0.6) is 0 Å². The third-order valence-electron chi connectivity index (χ3n) is 1.73. The lowest BCUT2D eigenvalue weighted by molar-refractivity contribution is 0.376. The average Bonchev–Trinajstić information content (AvgIpc) is 2.71. The second kappa shape index (κ2) is 1.87. The van der Waals surface area contributed by atoms with E-state index in [1.165, 1.54) is 12.8 Å². The molecular weight excluding hydrogens is 112 g/mol. The number of allylic oxidation sites excluding steroid dienone is 1. The molecule has 0 aromatic heterocycles. The molecule has 1 heterocycles. The molecule has 0 bridgehead atoms. The fourth-order valence-corrected chi connectivity index (χ4v) is 1.04. The van der Waals surface area contributed by atoms with Gasteiger partial charge in [-0.25, -0.2) is 0 Å². The van der Waals surface area contributed by atoms with Crippen molar-refractivity contribution in [2.45, 2.75) is 18.9 Å². The van der Waals surface area contributed by atoms with Crippen molar-refractivity contribution in [1.82, 2.24) is 4.90 Å². The van der Waals surface area contributed by atoms with E-state index >= 15 is 0 Å². The van der Waals surface area contributed by atoms with Gasteiger partial charge in [-0.1, -0.05) is 0 Å². The van der Waals surface area contributed by atoms with E-state index in [0.29, 0.717) is 0 Å². The number of aliphatic imine (C=N–C) groups is 1. The van der Waals surface area contributed by atoms with Crippen LogP contribution in [-0.4, -0.2) is 23.8 Å². The lowest BCUT2D eigenvalue weighted by atomic mass is 10.5. The van der Waals surface area contributed by atoms with Crippen LogP contribution < -0.4 is 0 Å². The molecule has 1 saturated carbocycles. The molecule has 9 heavy (non-hydrogen) atoms. The molecule has 0 unspecified atom stereocenters.